The summed E-state index contributed by atoms with van der Waals surface area (Å²) in [5, 5.41) is 10.6. The van der Waals surface area contributed by atoms with Crippen molar-refractivity contribution in [2.75, 3.05) is 30.5 Å². The fourth-order valence-corrected chi connectivity index (χ4v) is 4.38. The van der Waals surface area contributed by atoms with Crippen LogP contribution in [0.3, 0.4) is 0 Å². The first-order chi connectivity index (χ1) is 9.96. The van der Waals surface area contributed by atoms with Crippen LogP contribution in [-0.4, -0.2) is 40.1 Å². The molecule has 0 spiro atoms. The Balaban J connectivity index is 2.92. The molecule has 0 bridgehead atoms. The highest BCUT2D eigenvalue weighted by atomic mass is 35.5. The van der Waals surface area contributed by atoms with E-state index in [2.05, 4.69) is 0 Å². The van der Waals surface area contributed by atoms with Crippen LogP contribution in [0.2, 0.25) is 0 Å². The van der Waals surface area contributed by atoms with Crippen molar-refractivity contribution in [3.05, 3.63) is 34.4 Å². The highest BCUT2D eigenvalue weighted by Gasteiger charge is 2.31. The van der Waals surface area contributed by atoms with Gasteiger partial charge < -0.3 is 4.52 Å². The van der Waals surface area contributed by atoms with Gasteiger partial charge in [-0.3, -0.25) is 14.7 Å². The predicted molar refractivity (Wildman–Crippen MR) is 85.1 cm³/mol. The first kappa shape index (κ1) is 18.5. The first-order valence-electron chi connectivity index (χ1n) is 5.93. The molecular formula is C11H14Cl3N2O4P. The minimum atomic E-state index is -3.34. The fourth-order valence-electron chi connectivity index (χ4n) is 1.56. The second-order valence-corrected chi connectivity index (χ2v) is 7.67. The van der Waals surface area contributed by atoms with Crippen molar-refractivity contribution in [3.63, 3.8) is 0 Å². The van der Waals surface area contributed by atoms with Crippen LogP contribution in [0.15, 0.2) is 24.3 Å². The molecule has 0 heterocycles. The highest BCUT2D eigenvalue weighted by Crippen LogP contribution is 2.51. The van der Waals surface area contributed by atoms with E-state index >= 15 is 0 Å². The van der Waals surface area contributed by atoms with Crippen molar-refractivity contribution in [1.82, 2.24) is 4.67 Å². The minimum absolute atomic E-state index is 0.0820. The summed E-state index contributed by atoms with van der Waals surface area (Å²) < 4.78 is 19.7. The molecule has 0 saturated heterocycles. The molecular weight excluding hydrogens is 361 g/mol. The maximum absolute atomic E-state index is 12.8. The van der Waals surface area contributed by atoms with Gasteiger partial charge in [-0.2, -0.15) is 0 Å². The summed E-state index contributed by atoms with van der Waals surface area (Å²) in [5.41, 5.74) is -0.320. The second kappa shape index (κ2) is 8.81. The number of halogens is 3. The molecule has 6 nitrogen and oxygen atoms in total. The van der Waals surface area contributed by atoms with E-state index in [0.29, 0.717) is 13.1 Å². The number of nitrogens with zero attached hydrogens (tertiary/aromatic N) is 2. The normalized spacial score (nSPS) is 13.9. The third-order valence-corrected chi connectivity index (χ3v) is 5.87. The number of nitro groups is 1. The maximum Gasteiger partial charge on any atom is 0.333 e. The largest absolute Gasteiger partial charge is 0.432 e. The minimum Gasteiger partial charge on any atom is -0.432 e. The number of alkyl halides is 3. The van der Waals surface area contributed by atoms with Crippen LogP contribution in [0.25, 0.3) is 0 Å². The van der Waals surface area contributed by atoms with Crippen LogP contribution in [0.1, 0.15) is 0 Å². The lowest BCUT2D eigenvalue weighted by Gasteiger charge is -2.28. The number of nitro benzene ring substituents is 1. The molecule has 1 aromatic carbocycles. The van der Waals surface area contributed by atoms with Gasteiger partial charge in [0.1, 0.15) is 11.4 Å². The lowest BCUT2D eigenvalue weighted by Crippen LogP contribution is -2.27. The van der Waals surface area contributed by atoms with Gasteiger partial charge in [-0.15, -0.1) is 34.8 Å². The van der Waals surface area contributed by atoms with E-state index in [1.165, 1.54) is 28.9 Å². The Morgan fingerprint density at radius 2 is 1.67 bits per heavy atom. The summed E-state index contributed by atoms with van der Waals surface area (Å²) in [7, 11) is -3.34. The molecule has 21 heavy (non-hydrogen) atoms. The number of benzene rings is 1. The molecule has 0 aliphatic heterocycles. The third kappa shape index (κ3) is 5.31. The molecule has 0 unspecified atom stereocenters. The van der Waals surface area contributed by atoms with Crippen LogP contribution < -0.4 is 4.52 Å². The summed E-state index contributed by atoms with van der Waals surface area (Å²) in [6.07, 6.45) is 0. The summed E-state index contributed by atoms with van der Waals surface area (Å²) in [4.78, 5) is 10.1. The smallest absolute Gasteiger partial charge is 0.333 e. The van der Waals surface area contributed by atoms with Crippen molar-refractivity contribution in [2.24, 2.45) is 0 Å². The average molecular weight is 376 g/mol. The fraction of sp³-hybridized carbons (Fsp3) is 0.455. The van der Waals surface area contributed by atoms with Crippen molar-refractivity contribution >= 4 is 48.0 Å². The number of hydrogen-bond acceptors (Lipinski definition) is 4. The zero-order valence-electron chi connectivity index (χ0n) is 11.0. The van der Waals surface area contributed by atoms with Gasteiger partial charge in [0, 0.05) is 37.0 Å². The monoisotopic (exact) mass is 374 g/mol. The molecule has 0 N–H and O–H groups in total. The van der Waals surface area contributed by atoms with E-state index in [0.717, 1.165) is 0 Å². The third-order valence-electron chi connectivity index (χ3n) is 2.56. The zero-order chi connectivity index (χ0) is 15.9. The summed E-state index contributed by atoms with van der Waals surface area (Å²) in [6.45, 7) is 0.622. The number of rotatable bonds is 9. The van der Waals surface area contributed by atoms with Crippen LogP contribution in [-0.2, 0) is 4.57 Å². The van der Waals surface area contributed by atoms with Crippen molar-refractivity contribution in [1.29, 1.82) is 0 Å². The lowest BCUT2D eigenvalue weighted by molar-refractivity contribution is -0.384. The predicted octanol–water partition coefficient (Wildman–Crippen LogP) is 4.14. The SMILES string of the molecule is O=[N+]([O-])c1ccc(O[P@](=O)(CCl)N(CCCl)CCCl)cc1. The van der Waals surface area contributed by atoms with E-state index in [1.54, 1.807) is 0 Å². The Morgan fingerprint density at radius 1 is 1.14 bits per heavy atom. The maximum atomic E-state index is 12.8. The Bertz CT molecular complexity index is 509. The Hall–Kier alpha value is -0.520. The van der Waals surface area contributed by atoms with Crippen LogP contribution in [0, 0.1) is 10.1 Å². The Labute approximate surface area is 137 Å². The molecule has 1 rings (SSSR count). The molecule has 0 aromatic heterocycles. The van der Waals surface area contributed by atoms with Gasteiger partial charge in [-0.25, -0.2) is 4.67 Å². The van der Waals surface area contributed by atoms with E-state index in [-0.39, 0.29) is 28.8 Å². The van der Waals surface area contributed by atoms with Gasteiger partial charge in [0.05, 0.1) is 4.92 Å². The van der Waals surface area contributed by atoms with Gasteiger partial charge in [0.15, 0.2) is 0 Å². The van der Waals surface area contributed by atoms with Crippen molar-refractivity contribution in [3.8, 4) is 5.75 Å². The van der Waals surface area contributed by atoms with Crippen molar-refractivity contribution < 1.29 is 14.0 Å². The molecule has 0 aliphatic rings. The summed E-state index contributed by atoms with van der Waals surface area (Å²) in [6, 6.07) is 5.27. The molecule has 118 valence electrons. The molecule has 0 fully saturated rings. The quantitative estimate of drug-likeness (QED) is 0.281. The zero-order valence-corrected chi connectivity index (χ0v) is 14.1. The van der Waals surface area contributed by atoms with E-state index in [9.17, 15) is 14.7 Å². The average Bonchev–Trinajstić information content (AvgIpc) is 2.47. The molecule has 0 aliphatic carbocycles. The molecule has 10 heteroatoms. The Kier molecular flexibility index (Phi) is 7.77. The van der Waals surface area contributed by atoms with Crippen molar-refractivity contribution in [2.45, 2.75) is 0 Å². The van der Waals surface area contributed by atoms with E-state index < -0.39 is 12.4 Å². The lowest BCUT2D eigenvalue weighted by atomic mass is 10.3. The molecule has 1 atom stereocenters. The second-order valence-electron chi connectivity index (χ2n) is 3.93. The first-order valence-corrected chi connectivity index (χ1v) is 9.30. The van der Waals surface area contributed by atoms with Crippen LogP contribution in [0.5, 0.6) is 5.75 Å². The van der Waals surface area contributed by atoms with Gasteiger partial charge >= 0.3 is 7.52 Å². The van der Waals surface area contributed by atoms with E-state index in [4.69, 9.17) is 39.3 Å². The Morgan fingerprint density at radius 3 is 2.05 bits per heavy atom. The van der Waals surface area contributed by atoms with Gasteiger partial charge in [-0.1, -0.05) is 0 Å². The van der Waals surface area contributed by atoms with E-state index in [1.807, 2.05) is 0 Å². The molecule has 0 radical (unpaired) electrons. The standard InChI is InChI=1S/C11H14Cl3N2O4P/c12-5-7-15(8-6-13)21(19,9-14)20-11-3-1-10(2-4-11)16(17)18/h1-4H,5-9H2/t21-/m1/s1. The van der Waals surface area contributed by atoms with Gasteiger partial charge in [0.2, 0.25) is 0 Å². The topological polar surface area (TPSA) is 72.7 Å². The van der Waals surface area contributed by atoms with Crippen LogP contribution in [0.4, 0.5) is 5.69 Å². The molecule has 0 amide bonds. The molecule has 1 aromatic rings. The highest BCUT2D eigenvalue weighted by molar-refractivity contribution is 7.58. The number of non-ortho nitro benzene ring substituents is 1. The van der Waals surface area contributed by atoms with Gasteiger partial charge in [-0.05, 0) is 12.1 Å². The van der Waals surface area contributed by atoms with Gasteiger partial charge in [0.25, 0.3) is 5.69 Å². The summed E-state index contributed by atoms with van der Waals surface area (Å²) >= 11 is 17.1. The van der Waals surface area contributed by atoms with Crippen LogP contribution >= 0.6 is 42.3 Å². The number of hydrogen-bond donors (Lipinski definition) is 0. The summed E-state index contributed by atoms with van der Waals surface area (Å²) in [5.74, 6) is 0.738. The molecule has 0 saturated carbocycles.